The lowest BCUT2D eigenvalue weighted by molar-refractivity contribution is 0.444. The van der Waals surface area contributed by atoms with Gasteiger partial charge in [0.15, 0.2) is 0 Å². The number of hydrogen-bond donors (Lipinski definition) is 2. The Labute approximate surface area is 114 Å². The van der Waals surface area contributed by atoms with E-state index < -0.39 is 0 Å². The van der Waals surface area contributed by atoms with Gasteiger partial charge in [-0.1, -0.05) is 36.4 Å². The van der Waals surface area contributed by atoms with E-state index in [0.29, 0.717) is 11.8 Å². The van der Waals surface area contributed by atoms with Crippen LogP contribution < -0.4 is 5.32 Å². The van der Waals surface area contributed by atoms with Crippen molar-refractivity contribution in [3.63, 3.8) is 0 Å². The van der Waals surface area contributed by atoms with Crippen LogP contribution in [0.25, 0.3) is 0 Å². The molecule has 1 unspecified atom stereocenters. The Morgan fingerprint density at radius 1 is 1.05 bits per heavy atom. The Hall–Kier alpha value is -1.80. The topological polar surface area (TPSA) is 32.3 Å². The molecule has 1 aliphatic rings. The minimum Gasteiger partial charge on any atom is -0.508 e. The lowest BCUT2D eigenvalue weighted by Crippen LogP contribution is -2.35. The zero-order valence-electron chi connectivity index (χ0n) is 11.0. The molecule has 0 aliphatic carbocycles. The standard InChI is InChI=1S/C17H19NO/c19-17-9-7-14-10-16(18-12-15(14)11-17)8-6-13-4-2-1-3-5-13/h1-5,7,9,11,16,18-19H,6,8,10,12H2. The molecular weight excluding hydrogens is 234 g/mol. The number of fused-ring (bicyclic) bond motifs is 1. The molecule has 2 nitrogen and oxygen atoms in total. The fourth-order valence-electron chi connectivity index (χ4n) is 2.76. The lowest BCUT2D eigenvalue weighted by Gasteiger charge is -2.26. The first-order chi connectivity index (χ1) is 9.31. The van der Waals surface area contributed by atoms with Gasteiger partial charge in [-0.25, -0.2) is 0 Å². The molecule has 0 radical (unpaired) electrons. The van der Waals surface area contributed by atoms with Crippen LogP contribution >= 0.6 is 0 Å². The maximum Gasteiger partial charge on any atom is 0.115 e. The van der Waals surface area contributed by atoms with E-state index >= 15 is 0 Å². The first kappa shape index (κ1) is 12.2. The molecule has 0 aromatic heterocycles. The third-order valence-corrected chi connectivity index (χ3v) is 3.86. The minimum atomic E-state index is 0.364. The SMILES string of the molecule is Oc1ccc2c(c1)CNC(CCc1ccccc1)C2. The molecule has 1 aliphatic heterocycles. The number of aromatic hydroxyl groups is 1. The Kier molecular flexibility index (Phi) is 3.51. The minimum absolute atomic E-state index is 0.364. The lowest BCUT2D eigenvalue weighted by atomic mass is 9.92. The highest BCUT2D eigenvalue weighted by molar-refractivity contribution is 5.36. The van der Waals surface area contributed by atoms with Gasteiger partial charge in [-0.3, -0.25) is 0 Å². The van der Waals surface area contributed by atoms with E-state index in [1.807, 2.05) is 6.07 Å². The maximum absolute atomic E-state index is 9.48. The highest BCUT2D eigenvalue weighted by atomic mass is 16.3. The summed E-state index contributed by atoms with van der Waals surface area (Å²) in [4.78, 5) is 0. The zero-order valence-corrected chi connectivity index (χ0v) is 11.0. The van der Waals surface area contributed by atoms with Gasteiger partial charge in [0.2, 0.25) is 0 Å². The zero-order chi connectivity index (χ0) is 13.1. The van der Waals surface area contributed by atoms with Crippen molar-refractivity contribution < 1.29 is 5.11 Å². The van der Waals surface area contributed by atoms with E-state index in [1.165, 1.54) is 16.7 Å². The third-order valence-electron chi connectivity index (χ3n) is 3.86. The molecule has 0 spiro atoms. The summed E-state index contributed by atoms with van der Waals surface area (Å²) in [6.07, 6.45) is 3.33. The summed E-state index contributed by atoms with van der Waals surface area (Å²) >= 11 is 0. The van der Waals surface area contributed by atoms with Gasteiger partial charge >= 0.3 is 0 Å². The second kappa shape index (κ2) is 5.45. The summed E-state index contributed by atoms with van der Waals surface area (Å²) in [7, 11) is 0. The smallest absolute Gasteiger partial charge is 0.115 e. The molecule has 2 aromatic rings. The van der Waals surface area contributed by atoms with Crippen molar-refractivity contribution in [2.24, 2.45) is 0 Å². The van der Waals surface area contributed by atoms with Crippen LogP contribution in [0.2, 0.25) is 0 Å². The summed E-state index contributed by atoms with van der Waals surface area (Å²) in [6, 6.07) is 16.9. The Bertz CT molecular complexity index is 550. The average molecular weight is 253 g/mol. The molecule has 3 rings (SSSR count). The summed E-state index contributed by atoms with van der Waals surface area (Å²) in [5.41, 5.74) is 4.01. The Balaban J connectivity index is 1.61. The van der Waals surface area contributed by atoms with Crippen molar-refractivity contribution in [1.82, 2.24) is 5.32 Å². The summed E-state index contributed by atoms with van der Waals surface area (Å²) in [5, 5.41) is 13.0. The molecule has 1 atom stereocenters. The Morgan fingerprint density at radius 2 is 1.89 bits per heavy atom. The van der Waals surface area contributed by atoms with Crippen molar-refractivity contribution in [2.75, 3.05) is 0 Å². The first-order valence-corrected chi connectivity index (χ1v) is 6.89. The van der Waals surface area contributed by atoms with Gasteiger partial charge in [0.25, 0.3) is 0 Å². The molecule has 0 amide bonds. The second-order valence-electron chi connectivity index (χ2n) is 5.26. The molecule has 98 valence electrons. The number of phenolic OH excluding ortho intramolecular Hbond substituents is 1. The number of nitrogens with one attached hydrogen (secondary N) is 1. The van der Waals surface area contributed by atoms with Crippen molar-refractivity contribution in [2.45, 2.75) is 31.8 Å². The van der Waals surface area contributed by atoms with E-state index in [4.69, 9.17) is 0 Å². The van der Waals surface area contributed by atoms with Gasteiger partial charge in [0, 0.05) is 12.6 Å². The molecule has 0 fully saturated rings. The van der Waals surface area contributed by atoms with Gasteiger partial charge < -0.3 is 10.4 Å². The number of benzene rings is 2. The van der Waals surface area contributed by atoms with E-state index in [9.17, 15) is 5.11 Å². The van der Waals surface area contributed by atoms with E-state index in [0.717, 1.165) is 25.8 Å². The monoisotopic (exact) mass is 253 g/mol. The second-order valence-corrected chi connectivity index (χ2v) is 5.26. The van der Waals surface area contributed by atoms with Gasteiger partial charge in [-0.15, -0.1) is 0 Å². The predicted octanol–water partition coefficient (Wildman–Crippen LogP) is 3.04. The van der Waals surface area contributed by atoms with E-state index in [2.05, 4.69) is 41.7 Å². The number of hydrogen-bond acceptors (Lipinski definition) is 2. The largest absolute Gasteiger partial charge is 0.508 e. The van der Waals surface area contributed by atoms with Gasteiger partial charge in [-0.2, -0.15) is 0 Å². The van der Waals surface area contributed by atoms with Crippen molar-refractivity contribution in [3.8, 4) is 5.75 Å². The van der Waals surface area contributed by atoms with Gasteiger partial charge in [0.1, 0.15) is 5.75 Å². The molecule has 19 heavy (non-hydrogen) atoms. The molecule has 0 bridgehead atoms. The van der Waals surface area contributed by atoms with Crippen molar-refractivity contribution >= 4 is 0 Å². The summed E-state index contributed by atoms with van der Waals surface area (Å²) in [5.74, 6) is 0.364. The first-order valence-electron chi connectivity index (χ1n) is 6.89. The van der Waals surface area contributed by atoms with Crippen LogP contribution in [-0.2, 0) is 19.4 Å². The number of phenols is 1. The van der Waals surface area contributed by atoms with Crippen LogP contribution in [0.15, 0.2) is 48.5 Å². The van der Waals surface area contributed by atoms with Crippen LogP contribution in [0, 0.1) is 0 Å². The van der Waals surface area contributed by atoms with Crippen LogP contribution in [-0.4, -0.2) is 11.1 Å². The van der Waals surface area contributed by atoms with E-state index in [1.54, 1.807) is 6.07 Å². The van der Waals surface area contributed by atoms with Gasteiger partial charge in [-0.05, 0) is 48.1 Å². The summed E-state index contributed by atoms with van der Waals surface area (Å²) in [6.45, 7) is 0.864. The molecule has 0 saturated heterocycles. The fourth-order valence-corrected chi connectivity index (χ4v) is 2.76. The number of aryl methyl sites for hydroxylation is 1. The molecule has 2 N–H and O–H groups in total. The third kappa shape index (κ3) is 2.96. The average Bonchev–Trinajstić information content (AvgIpc) is 2.46. The van der Waals surface area contributed by atoms with Crippen LogP contribution in [0.1, 0.15) is 23.1 Å². The van der Waals surface area contributed by atoms with Crippen LogP contribution in [0.4, 0.5) is 0 Å². The Morgan fingerprint density at radius 3 is 2.74 bits per heavy atom. The van der Waals surface area contributed by atoms with Crippen molar-refractivity contribution in [1.29, 1.82) is 0 Å². The van der Waals surface area contributed by atoms with Gasteiger partial charge in [0.05, 0.1) is 0 Å². The molecule has 2 aromatic carbocycles. The molecular formula is C17H19NO. The number of rotatable bonds is 3. The summed E-state index contributed by atoms with van der Waals surface area (Å²) < 4.78 is 0. The molecule has 0 saturated carbocycles. The fraction of sp³-hybridized carbons (Fsp3) is 0.294. The predicted molar refractivity (Wildman–Crippen MR) is 77.2 cm³/mol. The molecule has 1 heterocycles. The maximum atomic E-state index is 9.48. The quantitative estimate of drug-likeness (QED) is 0.881. The van der Waals surface area contributed by atoms with Crippen LogP contribution in [0.3, 0.4) is 0 Å². The highest BCUT2D eigenvalue weighted by Crippen LogP contribution is 2.23. The van der Waals surface area contributed by atoms with Crippen LogP contribution in [0.5, 0.6) is 5.75 Å². The van der Waals surface area contributed by atoms with Crippen molar-refractivity contribution in [3.05, 3.63) is 65.2 Å². The van der Waals surface area contributed by atoms with E-state index in [-0.39, 0.29) is 0 Å². The highest BCUT2D eigenvalue weighted by Gasteiger charge is 2.17. The normalized spacial score (nSPS) is 18.0. The molecule has 2 heteroatoms.